The number of carbonyl (C=O) groups is 1. The maximum Gasteiger partial charge on any atom is 0.222 e. The number of hydrogen-bond acceptors (Lipinski definition) is 3. The first-order valence-electron chi connectivity index (χ1n) is 3.82. The smallest absolute Gasteiger partial charge is 0.222 e. The van der Waals surface area contributed by atoms with Gasteiger partial charge in [-0.3, -0.25) is 4.79 Å². The van der Waals surface area contributed by atoms with Crippen LogP contribution in [-0.4, -0.2) is 23.9 Å². The van der Waals surface area contributed by atoms with Gasteiger partial charge >= 0.3 is 0 Å². The van der Waals surface area contributed by atoms with E-state index in [1.54, 1.807) is 0 Å². The lowest BCUT2D eigenvalue weighted by Crippen LogP contribution is -2.24. The summed E-state index contributed by atoms with van der Waals surface area (Å²) in [5.74, 6) is 0.344. The maximum atomic E-state index is 10.9. The first-order chi connectivity index (χ1) is 5.34. The highest BCUT2D eigenvalue weighted by atomic mass is 33.1. The molecule has 0 aromatic heterocycles. The van der Waals surface area contributed by atoms with Gasteiger partial charge in [0.1, 0.15) is 0 Å². The fraction of sp³-hybridized carbons (Fsp3) is 0.857. The molecule has 1 aliphatic rings. The van der Waals surface area contributed by atoms with Crippen molar-refractivity contribution in [1.29, 1.82) is 0 Å². The summed E-state index contributed by atoms with van der Waals surface area (Å²) in [4.78, 5) is 12.8. The number of nitrogens with zero attached hydrogens (tertiary/aromatic N) is 1. The highest BCUT2D eigenvalue weighted by Gasteiger charge is 2.17. The minimum absolute atomic E-state index is 0.344. The van der Waals surface area contributed by atoms with E-state index in [9.17, 15) is 4.79 Å². The van der Waals surface area contributed by atoms with Crippen molar-refractivity contribution < 1.29 is 4.79 Å². The monoisotopic (exact) mass is 193 g/mol. The van der Waals surface area contributed by atoms with Crippen molar-refractivity contribution in [3.8, 4) is 0 Å². The average Bonchev–Trinajstić information content (AvgIpc) is 2.42. The topological polar surface area (TPSA) is 20.3 Å². The number of amides is 1. The lowest BCUT2D eigenvalue weighted by molar-refractivity contribution is -0.127. The molecule has 0 aromatic rings. The normalized spacial score (nSPS) is 16.3. The van der Waals surface area contributed by atoms with E-state index in [0.29, 0.717) is 5.91 Å². The Morgan fingerprint density at radius 1 is 1.55 bits per heavy atom. The molecule has 4 heteroatoms. The summed E-state index contributed by atoms with van der Waals surface area (Å²) in [6, 6.07) is 0. The van der Waals surface area contributed by atoms with E-state index >= 15 is 0 Å². The molecule has 2 nitrogen and oxygen atoms in total. The van der Waals surface area contributed by atoms with Gasteiger partial charge in [-0.2, -0.15) is 0 Å². The molecule has 0 radical (unpaired) electrons. The van der Waals surface area contributed by atoms with Gasteiger partial charge in [0.05, 0.1) is 0 Å². The molecule has 0 N–H and O–H groups in total. The maximum absolute atomic E-state index is 10.9. The molecule has 66 valence electrons. The van der Waals surface area contributed by atoms with Crippen molar-refractivity contribution in [3.63, 3.8) is 0 Å². The van der Waals surface area contributed by atoms with Crippen molar-refractivity contribution in [3.05, 3.63) is 0 Å². The van der Waals surface area contributed by atoms with Crippen LogP contribution in [0.2, 0.25) is 0 Å². The predicted octanol–water partition coefficient (Wildman–Crippen LogP) is 1.78. The fourth-order valence-electron chi connectivity index (χ4n) is 1.21. The summed E-state index contributed by atoms with van der Waals surface area (Å²) in [6.45, 7) is 4.05. The Morgan fingerprint density at radius 2 is 2.18 bits per heavy atom. The van der Waals surface area contributed by atoms with Gasteiger partial charge in [-0.05, 0) is 12.8 Å². The summed E-state index contributed by atoms with van der Waals surface area (Å²) in [7, 11) is 0. The SMILES string of the molecule is CCCN1CCCC1=O.SS. The van der Waals surface area contributed by atoms with Crippen LogP contribution in [0.4, 0.5) is 0 Å². The van der Waals surface area contributed by atoms with Gasteiger partial charge < -0.3 is 4.90 Å². The van der Waals surface area contributed by atoms with Gasteiger partial charge in [0.2, 0.25) is 5.91 Å². The molecule has 0 saturated carbocycles. The summed E-state index contributed by atoms with van der Waals surface area (Å²) in [5.41, 5.74) is 0. The van der Waals surface area contributed by atoms with Crippen LogP contribution < -0.4 is 0 Å². The Bertz CT molecular complexity index is 119. The highest BCUT2D eigenvalue weighted by molar-refractivity contribution is 8.59. The van der Waals surface area contributed by atoms with Crippen molar-refractivity contribution in [2.75, 3.05) is 13.1 Å². The first kappa shape index (κ1) is 11.2. The standard InChI is InChI=1S/C7H13NO.H2S2/c1-2-5-8-6-3-4-7(8)9;1-2/h2-6H2,1H3;1-2H. The Morgan fingerprint density at radius 3 is 2.55 bits per heavy atom. The van der Waals surface area contributed by atoms with Crippen molar-refractivity contribution in [2.45, 2.75) is 26.2 Å². The van der Waals surface area contributed by atoms with E-state index in [2.05, 4.69) is 30.2 Å². The molecule has 1 rings (SSSR count). The van der Waals surface area contributed by atoms with Gasteiger partial charge in [0.15, 0.2) is 0 Å². The zero-order chi connectivity index (χ0) is 8.69. The van der Waals surface area contributed by atoms with Gasteiger partial charge in [-0.25, -0.2) is 0 Å². The molecule has 0 spiro atoms. The molecule has 1 saturated heterocycles. The van der Waals surface area contributed by atoms with Gasteiger partial charge in [0, 0.05) is 19.5 Å². The number of carbonyl (C=O) groups excluding carboxylic acids is 1. The van der Waals surface area contributed by atoms with E-state index in [0.717, 1.165) is 32.4 Å². The van der Waals surface area contributed by atoms with Gasteiger partial charge in [-0.15, -0.1) is 23.3 Å². The Balaban J connectivity index is 0.000000461. The lowest BCUT2D eigenvalue weighted by Gasteiger charge is -2.12. The van der Waals surface area contributed by atoms with Crippen LogP contribution in [0.1, 0.15) is 26.2 Å². The van der Waals surface area contributed by atoms with Crippen LogP contribution >= 0.6 is 23.3 Å². The molecule has 0 aliphatic carbocycles. The summed E-state index contributed by atoms with van der Waals surface area (Å²) in [6.07, 6.45) is 2.94. The van der Waals surface area contributed by atoms with E-state index in [4.69, 9.17) is 0 Å². The van der Waals surface area contributed by atoms with Crippen LogP contribution in [0.25, 0.3) is 0 Å². The van der Waals surface area contributed by atoms with E-state index in [1.165, 1.54) is 0 Å². The van der Waals surface area contributed by atoms with E-state index in [-0.39, 0.29) is 0 Å². The Hall–Kier alpha value is 0.170. The third-order valence-corrected chi connectivity index (χ3v) is 1.66. The lowest BCUT2D eigenvalue weighted by atomic mass is 10.4. The van der Waals surface area contributed by atoms with Gasteiger partial charge in [0.25, 0.3) is 0 Å². The molecule has 1 aliphatic heterocycles. The predicted molar refractivity (Wildman–Crippen MR) is 54.1 cm³/mol. The van der Waals surface area contributed by atoms with Crippen LogP contribution in [0.3, 0.4) is 0 Å². The molecule has 0 bridgehead atoms. The second-order valence-corrected chi connectivity index (χ2v) is 2.48. The number of likely N-dealkylation sites (tertiary alicyclic amines) is 1. The van der Waals surface area contributed by atoms with Crippen molar-refractivity contribution >= 4 is 29.2 Å². The van der Waals surface area contributed by atoms with E-state index in [1.807, 2.05) is 4.90 Å². The highest BCUT2D eigenvalue weighted by Crippen LogP contribution is 2.08. The molecular weight excluding hydrogens is 178 g/mol. The second-order valence-electron chi connectivity index (χ2n) is 2.48. The number of thiol groups is 2. The third-order valence-electron chi connectivity index (χ3n) is 1.66. The molecular formula is C7H15NOS2. The largest absolute Gasteiger partial charge is 0.343 e. The van der Waals surface area contributed by atoms with E-state index < -0.39 is 0 Å². The zero-order valence-electron chi connectivity index (χ0n) is 6.79. The third kappa shape index (κ3) is 3.91. The van der Waals surface area contributed by atoms with Crippen molar-refractivity contribution in [2.24, 2.45) is 0 Å². The second kappa shape index (κ2) is 6.85. The minimum atomic E-state index is 0.344. The summed E-state index contributed by atoms with van der Waals surface area (Å²) < 4.78 is 0. The molecule has 0 unspecified atom stereocenters. The Kier molecular flexibility index (Phi) is 6.96. The van der Waals surface area contributed by atoms with Crippen LogP contribution in [0, 0.1) is 0 Å². The van der Waals surface area contributed by atoms with Crippen LogP contribution in [0.5, 0.6) is 0 Å². The average molecular weight is 193 g/mol. The minimum Gasteiger partial charge on any atom is -0.343 e. The molecule has 1 fully saturated rings. The quantitative estimate of drug-likeness (QED) is 0.506. The first-order valence-corrected chi connectivity index (χ1v) is 5.42. The number of hydrogen-bond donors (Lipinski definition) is 2. The summed E-state index contributed by atoms with van der Waals surface area (Å²) >= 11 is 6.44. The molecule has 0 aromatic carbocycles. The zero-order valence-corrected chi connectivity index (χ0v) is 8.57. The molecule has 1 amide bonds. The Labute approximate surface area is 78.6 Å². The molecule has 0 atom stereocenters. The number of rotatable bonds is 2. The molecule has 11 heavy (non-hydrogen) atoms. The van der Waals surface area contributed by atoms with Gasteiger partial charge in [-0.1, -0.05) is 6.92 Å². The van der Waals surface area contributed by atoms with Crippen LogP contribution in [-0.2, 0) is 4.79 Å². The van der Waals surface area contributed by atoms with Crippen LogP contribution in [0.15, 0.2) is 0 Å². The fourth-order valence-corrected chi connectivity index (χ4v) is 1.21. The summed E-state index contributed by atoms with van der Waals surface area (Å²) in [5, 5.41) is 0. The van der Waals surface area contributed by atoms with Crippen molar-refractivity contribution in [1.82, 2.24) is 4.90 Å². The molecule has 1 heterocycles.